The Hall–Kier alpha value is -2.55. The average Bonchev–Trinajstić information content (AvgIpc) is 3.26. The number of rotatable bonds is 4. The maximum atomic E-state index is 13.0. The van der Waals surface area contributed by atoms with Crippen molar-refractivity contribution in [3.8, 4) is 0 Å². The molecular weight excluding hydrogens is 320 g/mol. The monoisotopic (exact) mass is 346 g/mol. The van der Waals surface area contributed by atoms with Crippen LogP contribution >= 0.6 is 0 Å². The van der Waals surface area contributed by atoms with Crippen LogP contribution in [0.3, 0.4) is 0 Å². The van der Waals surface area contributed by atoms with Crippen LogP contribution in [-0.2, 0) is 4.79 Å². The second-order valence-corrected chi connectivity index (χ2v) is 7.27. The number of benzene rings is 2. The molecule has 0 radical (unpaired) electrons. The molecule has 26 heavy (non-hydrogen) atoms. The molecular formula is C23H26N2O. The molecule has 0 aliphatic carbocycles. The molecule has 2 aromatic rings. The number of nitrogens with zero attached hydrogens (tertiary/aromatic N) is 2. The van der Waals surface area contributed by atoms with E-state index in [4.69, 9.17) is 0 Å². The SMILES string of the molecule is CCCN1C(=O)/C(=C\c2ccc(N3CCCC3)c(C)c2)c2ccccc21. The third-order valence-electron chi connectivity index (χ3n) is 5.39. The lowest BCUT2D eigenvalue weighted by molar-refractivity contribution is -0.113. The molecule has 134 valence electrons. The molecule has 0 bridgehead atoms. The van der Waals surface area contributed by atoms with E-state index in [-0.39, 0.29) is 5.91 Å². The minimum Gasteiger partial charge on any atom is -0.371 e. The molecule has 1 fully saturated rings. The molecule has 0 N–H and O–H groups in total. The highest BCUT2D eigenvalue weighted by Gasteiger charge is 2.31. The predicted molar refractivity (Wildman–Crippen MR) is 110 cm³/mol. The second-order valence-electron chi connectivity index (χ2n) is 7.27. The van der Waals surface area contributed by atoms with E-state index < -0.39 is 0 Å². The van der Waals surface area contributed by atoms with Crippen LogP contribution < -0.4 is 9.80 Å². The van der Waals surface area contributed by atoms with Gasteiger partial charge in [-0.1, -0.05) is 31.2 Å². The van der Waals surface area contributed by atoms with Gasteiger partial charge in [0, 0.05) is 36.5 Å². The van der Waals surface area contributed by atoms with Crippen molar-refractivity contribution in [1.29, 1.82) is 0 Å². The van der Waals surface area contributed by atoms with Crippen molar-refractivity contribution in [2.75, 3.05) is 29.4 Å². The maximum absolute atomic E-state index is 13.0. The lowest BCUT2D eigenvalue weighted by atomic mass is 10.0. The molecule has 2 aromatic carbocycles. The lowest BCUT2D eigenvalue weighted by Crippen LogP contribution is -2.26. The van der Waals surface area contributed by atoms with Crippen molar-refractivity contribution >= 4 is 28.9 Å². The summed E-state index contributed by atoms with van der Waals surface area (Å²) in [5.41, 5.74) is 6.60. The first-order chi connectivity index (χ1) is 12.7. The normalized spacial score (nSPS) is 18.1. The number of hydrogen-bond donors (Lipinski definition) is 0. The Morgan fingerprint density at radius 2 is 1.81 bits per heavy atom. The number of fused-ring (bicyclic) bond motifs is 1. The second kappa shape index (κ2) is 6.99. The van der Waals surface area contributed by atoms with Gasteiger partial charge in [-0.15, -0.1) is 0 Å². The zero-order valence-corrected chi connectivity index (χ0v) is 15.7. The van der Waals surface area contributed by atoms with Gasteiger partial charge in [-0.25, -0.2) is 0 Å². The van der Waals surface area contributed by atoms with Crippen molar-refractivity contribution in [3.05, 3.63) is 59.2 Å². The van der Waals surface area contributed by atoms with E-state index in [0.29, 0.717) is 0 Å². The fourth-order valence-corrected chi connectivity index (χ4v) is 4.14. The summed E-state index contributed by atoms with van der Waals surface area (Å²) in [5.74, 6) is 0.120. The Kier molecular flexibility index (Phi) is 4.54. The van der Waals surface area contributed by atoms with Gasteiger partial charge in [-0.2, -0.15) is 0 Å². The first kappa shape index (κ1) is 16.9. The molecule has 0 saturated carbocycles. The first-order valence-corrected chi connectivity index (χ1v) is 9.67. The molecule has 1 amide bonds. The molecule has 0 spiro atoms. The molecule has 0 unspecified atom stereocenters. The number of amides is 1. The zero-order valence-electron chi connectivity index (χ0n) is 15.7. The van der Waals surface area contributed by atoms with Gasteiger partial charge in [-0.05, 0) is 61.6 Å². The van der Waals surface area contributed by atoms with Crippen LogP contribution in [0.25, 0.3) is 11.6 Å². The summed E-state index contributed by atoms with van der Waals surface area (Å²) in [6.45, 7) is 7.35. The summed E-state index contributed by atoms with van der Waals surface area (Å²) in [4.78, 5) is 17.3. The molecule has 1 saturated heterocycles. The molecule has 2 heterocycles. The molecule has 2 aliphatic heterocycles. The van der Waals surface area contributed by atoms with Gasteiger partial charge in [0.15, 0.2) is 0 Å². The van der Waals surface area contributed by atoms with Crippen LogP contribution in [0.1, 0.15) is 42.9 Å². The number of carbonyl (C=O) groups is 1. The van der Waals surface area contributed by atoms with E-state index in [1.54, 1.807) is 0 Å². The Balaban J connectivity index is 1.69. The van der Waals surface area contributed by atoms with Gasteiger partial charge < -0.3 is 9.80 Å². The van der Waals surface area contributed by atoms with E-state index in [2.05, 4.69) is 49.1 Å². The first-order valence-electron chi connectivity index (χ1n) is 9.67. The smallest absolute Gasteiger partial charge is 0.258 e. The number of anilines is 2. The fraction of sp³-hybridized carbons (Fsp3) is 0.348. The quantitative estimate of drug-likeness (QED) is 0.736. The highest BCUT2D eigenvalue weighted by Crippen LogP contribution is 2.38. The van der Waals surface area contributed by atoms with Gasteiger partial charge in [-0.3, -0.25) is 4.79 Å². The van der Waals surface area contributed by atoms with Crippen LogP contribution in [0.5, 0.6) is 0 Å². The summed E-state index contributed by atoms with van der Waals surface area (Å²) in [7, 11) is 0. The minimum absolute atomic E-state index is 0.120. The molecule has 2 aliphatic rings. The van der Waals surface area contributed by atoms with Gasteiger partial charge in [0.05, 0.1) is 5.69 Å². The van der Waals surface area contributed by atoms with Gasteiger partial charge in [0.2, 0.25) is 0 Å². The van der Waals surface area contributed by atoms with E-state index in [1.165, 1.54) is 24.1 Å². The summed E-state index contributed by atoms with van der Waals surface area (Å²) < 4.78 is 0. The van der Waals surface area contributed by atoms with Crippen molar-refractivity contribution in [2.24, 2.45) is 0 Å². The fourth-order valence-electron chi connectivity index (χ4n) is 4.14. The van der Waals surface area contributed by atoms with Crippen LogP contribution in [0.4, 0.5) is 11.4 Å². The van der Waals surface area contributed by atoms with Crippen molar-refractivity contribution in [3.63, 3.8) is 0 Å². The Morgan fingerprint density at radius 1 is 1.04 bits per heavy atom. The summed E-state index contributed by atoms with van der Waals surface area (Å²) in [6, 6.07) is 14.7. The predicted octanol–water partition coefficient (Wildman–Crippen LogP) is 4.89. The zero-order chi connectivity index (χ0) is 18.1. The number of para-hydroxylation sites is 1. The Bertz CT molecular complexity index is 862. The third-order valence-corrected chi connectivity index (χ3v) is 5.39. The van der Waals surface area contributed by atoms with E-state index in [9.17, 15) is 4.79 Å². The Morgan fingerprint density at radius 3 is 2.54 bits per heavy atom. The highest BCUT2D eigenvalue weighted by atomic mass is 16.2. The highest BCUT2D eigenvalue weighted by molar-refractivity contribution is 6.35. The summed E-state index contributed by atoms with van der Waals surface area (Å²) in [5, 5.41) is 0. The maximum Gasteiger partial charge on any atom is 0.258 e. The summed E-state index contributed by atoms with van der Waals surface area (Å²) in [6.07, 6.45) is 5.57. The molecule has 0 atom stereocenters. The van der Waals surface area contributed by atoms with Gasteiger partial charge >= 0.3 is 0 Å². The lowest BCUT2D eigenvalue weighted by Gasteiger charge is -2.20. The molecule has 3 heteroatoms. The van der Waals surface area contributed by atoms with Crippen LogP contribution in [0.15, 0.2) is 42.5 Å². The number of carbonyl (C=O) groups excluding carboxylic acids is 1. The van der Waals surface area contributed by atoms with Crippen molar-refractivity contribution in [2.45, 2.75) is 33.1 Å². The minimum atomic E-state index is 0.120. The molecule has 3 nitrogen and oxygen atoms in total. The average molecular weight is 346 g/mol. The summed E-state index contributed by atoms with van der Waals surface area (Å²) >= 11 is 0. The number of aryl methyl sites for hydroxylation is 1. The van der Waals surface area contributed by atoms with Gasteiger partial charge in [0.25, 0.3) is 5.91 Å². The Labute approximate surface area is 155 Å². The molecule has 4 rings (SSSR count). The van der Waals surface area contributed by atoms with E-state index in [0.717, 1.165) is 48.4 Å². The largest absolute Gasteiger partial charge is 0.371 e. The van der Waals surface area contributed by atoms with Crippen LogP contribution in [0.2, 0.25) is 0 Å². The topological polar surface area (TPSA) is 23.6 Å². The van der Waals surface area contributed by atoms with E-state index in [1.807, 2.05) is 23.1 Å². The van der Waals surface area contributed by atoms with Crippen molar-refractivity contribution < 1.29 is 4.79 Å². The van der Waals surface area contributed by atoms with Gasteiger partial charge in [0.1, 0.15) is 0 Å². The standard InChI is InChI=1S/C23H26N2O/c1-3-12-25-22-9-5-4-8-19(22)20(23(25)26)16-18-10-11-21(17(2)15-18)24-13-6-7-14-24/h4-5,8-11,15-16H,3,6-7,12-14H2,1-2H3/b20-16-. The van der Waals surface area contributed by atoms with E-state index >= 15 is 0 Å². The third kappa shape index (κ3) is 2.92. The van der Waals surface area contributed by atoms with Crippen LogP contribution in [0, 0.1) is 6.92 Å². The molecule has 0 aromatic heterocycles. The number of hydrogen-bond acceptors (Lipinski definition) is 2. The van der Waals surface area contributed by atoms with Crippen molar-refractivity contribution in [1.82, 2.24) is 0 Å². The van der Waals surface area contributed by atoms with Crippen LogP contribution in [-0.4, -0.2) is 25.5 Å².